The van der Waals surface area contributed by atoms with Gasteiger partial charge in [0, 0.05) is 12.7 Å². The molecule has 2 heterocycles. The second-order valence-corrected chi connectivity index (χ2v) is 4.43. The van der Waals surface area contributed by atoms with Crippen molar-refractivity contribution >= 4 is 17.7 Å². The summed E-state index contributed by atoms with van der Waals surface area (Å²) < 4.78 is 13.6. The van der Waals surface area contributed by atoms with E-state index >= 15 is 0 Å². The second-order valence-electron chi connectivity index (χ2n) is 3.42. The van der Waals surface area contributed by atoms with Gasteiger partial charge in [-0.1, -0.05) is 6.92 Å². The van der Waals surface area contributed by atoms with Crippen LogP contribution in [0.15, 0.2) is 34.8 Å². The highest BCUT2D eigenvalue weighted by Crippen LogP contribution is 2.26. The normalized spacial score (nSPS) is 10.3. The van der Waals surface area contributed by atoms with Crippen LogP contribution in [-0.2, 0) is 0 Å². The molecular formula is C11H12FN5S. The average molecular weight is 265 g/mol. The topological polar surface area (TPSA) is 63.6 Å². The summed E-state index contributed by atoms with van der Waals surface area (Å²) in [7, 11) is 0. The summed E-state index contributed by atoms with van der Waals surface area (Å²) in [5, 5.41) is 3.91. The first-order chi connectivity index (χ1) is 8.79. The fraction of sp³-hybridized carbons (Fsp3) is 0.273. The van der Waals surface area contributed by atoms with Crippen molar-refractivity contribution in [2.75, 3.05) is 11.9 Å². The summed E-state index contributed by atoms with van der Waals surface area (Å²) in [5.74, 6) is -0.0320. The van der Waals surface area contributed by atoms with Gasteiger partial charge in [-0.05, 0) is 24.2 Å². The van der Waals surface area contributed by atoms with Crippen LogP contribution >= 0.6 is 11.8 Å². The molecule has 0 aliphatic heterocycles. The molecule has 7 heteroatoms. The zero-order valence-corrected chi connectivity index (χ0v) is 10.6. The van der Waals surface area contributed by atoms with Gasteiger partial charge in [0.05, 0.1) is 6.20 Å². The monoisotopic (exact) mass is 265 g/mol. The molecule has 1 N–H and O–H groups in total. The van der Waals surface area contributed by atoms with Crippen LogP contribution in [0, 0.1) is 5.82 Å². The Bertz CT molecular complexity index is 508. The molecule has 0 unspecified atom stereocenters. The summed E-state index contributed by atoms with van der Waals surface area (Å²) >= 11 is 1.14. The number of rotatable bonds is 5. The lowest BCUT2D eigenvalue weighted by Gasteiger charge is -2.05. The SMILES string of the molecule is CCCNc1ncc(F)c(Sc2ccncn2)n1. The molecule has 0 atom stereocenters. The van der Waals surface area contributed by atoms with Crippen molar-refractivity contribution in [3.05, 3.63) is 30.6 Å². The maximum Gasteiger partial charge on any atom is 0.223 e. The van der Waals surface area contributed by atoms with Crippen LogP contribution in [0.2, 0.25) is 0 Å². The Morgan fingerprint density at radius 2 is 2.28 bits per heavy atom. The van der Waals surface area contributed by atoms with Gasteiger partial charge in [-0.15, -0.1) is 0 Å². The molecule has 94 valence electrons. The zero-order chi connectivity index (χ0) is 12.8. The molecule has 5 nitrogen and oxygen atoms in total. The third-order valence-electron chi connectivity index (χ3n) is 2.00. The van der Waals surface area contributed by atoms with Gasteiger partial charge in [0.15, 0.2) is 5.82 Å². The van der Waals surface area contributed by atoms with E-state index in [2.05, 4.69) is 25.3 Å². The number of anilines is 1. The summed E-state index contributed by atoms with van der Waals surface area (Å²) in [6, 6.07) is 1.70. The molecule has 0 amide bonds. The average Bonchev–Trinajstić information content (AvgIpc) is 2.41. The van der Waals surface area contributed by atoms with E-state index in [0.29, 0.717) is 11.0 Å². The maximum atomic E-state index is 13.6. The molecule has 0 spiro atoms. The number of nitrogens with one attached hydrogen (secondary N) is 1. The van der Waals surface area contributed by atoms with Gasteiger partial charge >= 0.3 is 0 Å². The summed E-state index contributed by atoms with van der Waals surface area (Å²) in [4.78, 5) is 15.8. The molecule has 0 aromatic carbocycles. The number of hydrogen-bond donors (Lipinski definition) is 1. The summed E-state index contributed by atoms with van der Waals surface area (Å²) in [5.41, 5.74) is 0. The minimum Gasteiger partial charge on any atom is -0.354 e. The lowest BCUT2D eigenvalue weighted by molar-refractivity contribution is 0.579. The minimum atomic E-state index is -0.458. The molecule has 0 radical (unpaired) electrons. The van der Waals surface area contributed by atoms with Gasteiger partial charge in [0.25, 0.3) is 0 Å². The molecule has 0 aliphatic carbocycles. The molecule has 0 fully saturated rings. The van der Waals surface area contributed by atoms with Crippen molar-refractivity contribution in [1.29, 1.82) is 0 Å². The molecular weight excluding hydrogens is 253 g/mol. The maximum absolute atomic E-state index is 13.6. The van der Waals surface area contributed by atoms with E-state index in [1.54, 1.807) is 12.3 Å². The lowest BCUT2D eigenvalue weighted by Crippen LogP contribution is -2.05. The minimum absolute atomic E-state index is 0.252. The van der Waals surface area contributed by atoms with Crippen LogP contribution in [0.25, 0.3) is 0 Å². The van der Waals surface area contributed by atoms with Crippen LogP contribution < -0.4 is 5.32 Å². The Balaban J connectivity index is 2.16. The number of hydrogen-bond acceptors (Lipinski definition) is 6. The van der Waals surface area contributed by atoms with Crippen molar-refractivity contribution in [1.82, 2.24) is 19.9 Å². The molecule has 0 saturated heterocycles. The number of halogens is 1. The van der Waals surface area contributed by atoms with Gasteiger partial charge < -0.3 is 5.32 Å². The molecule has 0 saturated carbocycles. The van der Waals surface area contributed by atoms with E-state index in [0.717, 1.165) is 30.9 Å². The van der Waals surface area contributed by atoms with Gasteiger partial charge in [-0.3, -0.25) is 0 Å². The van der Waals surface area contributed by atoms with Gasteiger partial charge in [0.1, 0.15) is 16.4 Å². The Kier molecular flexibility index (Phi) is 4.40. The third kappa shape index (κ3) is 3.36. The summed E-state index contributed by atoms with van der Waals surface area (Å²) in [6.07, 6.45) is 5.13. The van der Waals surface area contributed by atoms with Crippen molar-refractivity contribution in [3.8, 4) is 0 Å². The van der Waals surface area contributed by atoms with Gasteiger partial charge in [-0.2, -0.15) is 0 Å². The first-order valence-electron chi connectivity index (χ1n) is 5.50. The second kappa shape index (κ2) is 6.25. The zero-order valence-electron chi connectivity index (χ0n) is 9.80. The fourth-order valence-electron chi connectivity index (χ4n) is 1.18. The van der Waals surface area contributed by atoms with Gasteiger partial charge in [-0.25, -0.2) is 24.3 Å². The Morgan fingerprint density at radius 3 is 3.00 bits per heavy atom. The van der Waals surface area contributed by atoms with E-state index in [9.17, 15) is 4.39 Å². The Hall–Kier alpha value is -1.76. The molecule has 2 aromatic heterocycles. The van der Waals surface area contributed by atoms with Crippen LogP contribution in [0.1, 0.15) is 13.3 Å². The van der Waals surface area contributed by atoms with Crippen LogP contribution in [0.4, 0.5) is 10.3 Å². The van der Waals surface area contributed by atoms with E-state index in [4.69, 9.17) is 0 Å². The highest BCUT2D eigenvalue weighted by atomic mass is 32.2. The van der Waals surface area contributed by atoms with E-state index in [-0.39, 0.29) is 5.03 Å². The largest absolute Gasteiger partial charge is 0.354 e. The first kappa shape index (κ1) is 12.7. The van der Waals surface area contributed by atoms with Crippen molar-refractivity contribution in [2.45, 2.75) is 23.4 Å². The van der Waals surface area contributed by atoms with E-state index in [1.165, 1.54) is 6.33 Å². The highest BCUT2D eigenvalue weighted by Gasteiger charge is 2.09. The predicted molar refractivity (Wildman–Crippen MR) is 66.9 cm³/mol. The smallest absolute Gasteiger partial charge is 0.223 e. The van der Waals surface area contributed by atoms with Gasteiger partial charge in [0.2, 0.25) is 5.95 Å². The summed E-state index contributed by atoms with van der Waals surface area (Å²) in [6.45, 7) is 2.79. The third-order valence-corrected chi connectivity index (χ3v) is 2.93. The standard InChI is InChI=1S/C11H12FN5S/c1-2-4-14-11-15-6-8(12)10(17-11)18-9-3-5-13-7-16-9/h3,5-7H,2,4H2,1H3,(H,14,15,17). The van der Waals surface area contributed by atoms with Crippen LogP contribution in [0.5, 0.6) is 0 Å². The fourth-order valence-corrected chi connectivity index (χ4v) is 1.89. The predicted octanol–water partition coefficient (Wildman–Crippen LogP) is 2.38. The van der Waals surface area contributed by atoms with Crippen LogP contribution in [0.3, 0.4) is 0 Å². The molecule has 2 aromatic rings. The molecule has 0 aliphatic rings. The van der Waals surface area contributed by atoms with E-state index < -0.39 is 5.82 Å². The quantitative estimate of drug-likeness (QED) is 0.837. The van der Waals surface area contributed by atoms with Crippen molar-refractivity contribution in [2.24, 2.45) is 0 Å². The molecule has 0 bridgehead atoms. The highest BCUT2D eigenvalue weighted by molar-refractivity contribution is 7.99. The first-order valence-corrected chi connectivity index (χ1v) is 6.31. The molecule has 18 heavy (non-hydrogen) atoms. The van der Waals surface area contributed by atoms with Crippen molar-refractivity contribution < 1.29 is 4.39 Å². The number of aromatic nitrogens is 4. The van der Waals surface area contributed by atoms with Crippen LogP contribution in [-0.4, -0.2) is 26.5 Å². The molecule has 2 rings (SSSR count). The number of nitrogens with zero attached hydrogens (tertiary/aromatic N) is 4. The Labute approximate surface area is 108 Å². The van der Waals surface area contributed by atoms with Crippen molar-refractivity contribution in [3.63, 3.8) is 0 Å². The van der Waals surface area contributed by atoms with E-state index in [1.807, 2.05) is 6.92 Å². The Morgan fingerprint density at radius 1 is 1.39 bits per heavy atom. The lowest BCUT2D eigenvalue weighted by atomic mass is 10.5.